The Hall–Kier alpha value is -3.86. The minimum absolute atomic E-state index is 0.133. The molecule has 3 aromatic rings. The van der Waals surface area contributed by atoms with Crippen LogP contribution >= 0.6 is 0 Å². The number of rotatable bonds is 5. The van der Waals surface area contributed by atoms with Crippen LogP contribution in [0.25, 0.3) is 11.1 Å². The lowest BCUT2D eigenvalue weighted by Gasteiger charge is -2.10. The van der Waals surface area contributed by atoms with Crippen LogP contribution in [0.1, 0.15) is 37.4 Å². The Labute approximate surface area is 174 Å². The average Bonchev–Trinajstić information content (AvgIpc) is 3.10. The normalized spacial score (nSPS) is 12.6. The molecule has 0 unspecified atom stereocenters. The highest BCUT2D eigenvalue weighted by Gasteiger charge is 2.32. The molecule has 0 saturated heterocycles. The SMILES string of the molecule is COC(=O)c1ccc2c(c1)C(=O)C(c1ccc(OC)cc1)=C2c1ccc(OC)cc1. The highest BCUT2D eigenvalue weighted by Crippen LogP contribution is 2.43. The molecule has 150 valence electrons. The number of allylic oxidation sites excluding steroid dienone is 1. The van der Waals surface area contributed by atoms with Gasteiger partial charge in [-0.2, -0.15) is 0 Å². The largest absolute Gasteiger partial charge is 0.497 e. The minimum atomic E-state index is -0.477. The number of ether oxygens (including phenoxy) is 3. The summed E-state index contributed by atoms with van der Waals surface area (Å²) in [6.07, 6.45) is 0. The summed E-state index contributed by atoms with van der Waals surface area (Å²) in [6, 6.07) is 20.0. The molecule has 0 fully saturated rings. The number of Topliss-reactive ketones (excluding diaryl/α,β-unsaturated/α-hetero) is 1. The van der Waals surface area contributed by atoms with E-state index in [2.05, 4.69) is 0 Å². The summed E-state index contributed by atoms with van der Waals surface area (Å²) in [5, 5.41) is 0. The lowest BCUT2D eigenvalue weighted by atomic mass is 9.94. The molecule has 0 spiro atoms. The fourth-order valence-corrected chi connectivity index (χ4v) is 3.67. The van der Waals surface area contributed by atoms with E-state index >= 15 is 0 Å². The van der Waals surface area contributed by atoms with Crippen LogP contribution in [0, 0.1) is 0 Å². The van der Waals surface area contributed by atoms with Crippen molar-refractivity contribution in [2.75, 3.05) is 21.3 Å². The molecule has 0 radical (unpaired) electrons. The smallest absolute Gasteiger partial charge is 0.337 e. The lowest BCUT2D eigenvalue weighted by molar-refractivity contribution is 0.0600. The van der Waals surface area contributed by atoms with Crippen molar-refractivity contribution in [1.82, 2.24) is 0 Å². The number of hydrogen-bond donors (Lipinski definition) is 0. The van der Waals surface area contributed by atoms with Crippen molar-refractivity contribution >= 4 is 22.9 Å². The summed E-state index contributed by atoms with van der Waals surface area (Å²) in [6.45, 7) is 0. The molecular weight excluding hydrogens is 380 g/mol. The van der Waals surface area contributed by atoms with Gasteiger partial charge in [0.05, 0.1) is 26.9 Å². The fraction of sp³-hybridized carbons (Fsp3) is 0.120. The molecule has 0 amide bonds. The van der Waals surface area contributed by atoms with Gasteiger partial charge in [0.1, 0.15) is 11.5 Å². The predicted octanol–water partition coefficient (Wildman–Crippen LogP) is 4.65. The second-order valence-corrected chi connectivity index (χ2v) is 6.79. The topological polar surface area (TPSA) is 61.8 Å². The van der Waals surface area contributed by atoms with Gasteiger partial charge in [0, 0.05) is 16.7 Å². The molecule has 5 heteroatoms. The zero-order valence-corrected chi connectivity index (χ0v) is 16.9. The van der Waals surface area contributed by atoms with Crippen LogP contribution in [0.4, 0.5) is 0 Å². The third kappa shape index (κ3) is 3.24. The maximum absolute atomic E-state index is 13.5. The Morgan fingerprint density at radius 3 is 1.70 bits per heavy atom. The number of fused-ring (bicyclic) bond motifs is 1. The molecule has 0 N–H and O–H groups in total. The van der Waals surface area contributed by atoms with Gasteiger partial charge in [0.2, 0.25) is 0 Å². The van der Waals surface area contributed by atoms with Crippen LogP contribution in [-0.2, 0) is 4.74 Å². The Morgan fingerprint density at radius 1 is 0.667 bits per heavy atom. The van der Waals surface area contributed by atoms with Crippen LogP contribution in [0.2, 0.25) is 0 Å². The van der Waals surface area contributed by atoms with Gasteiger partial charge in [-0.05, 0) is 53.1 Å². The number of methoxy groups -OCH3 is 3. The van der Waals surface area contributed by atoms with Gasteiger partial charge in [0.25, 0.3) is 0 Å². The van der Waals surface area contributed by atoms with Gasteiger partial charge in [-0.3, -0.25) is 4.79 Å². The van der Waals surface area contributed by atoms with Gasteiger partial charge in [-0.1, -0.05) is 30.3 Å². The van der Waals surface area contributed by atoms with Crippen LogP contribution in [0.5, 0.6) is 11.5 Å². The molecule has 0 aliphatic heterocycles. The molecule has 1 aliphatic rings. The van der Waals surface area contributed by atoms with Crippen molar-refractivity contribution in [3.63, 3.8) is 0 Å². The van der Waals surface area contributed by atoms with Gasteiger partial charge in [-0.25, -0.2) is 4.79 Å². The third-order valence-corrected chi connectivity index (χ3v) is 5.19. The Balaban J connectivity index is 1.92. The summed E-state index contributed by atoms with van der Waals surface area (Å²) in [4.78, 5) is 25.4. The maximum Gasteiger partial charge on any atom is 0.337 e. The van der Waals surface area contributed by atoms with E-state index in [4.69, 9.17) is 14.2 Å². The maximum atomic E-state index is 13.5. The van der Waals surface area contributed by atoms with E-state index < -0.39 is 5.97 Å². The lowest BCUT2D eigenvalue weighted by Crippen LogP contribution is -2.04. The molecule has 0 aromatic heterocycles. The van der Waals surface area contributed by atoms with Crippen molar-refractivity contribution < 1.29 is 23.8 Å². The molecule has 30 heavy (non-hydrogen) atoms. The van der Waals surface area contributed by atoms with Crippen molar-refractivity contribution in [2.45, 2.75) is 0 Å². The second-order valence-electron chi connectivity index (χ2n) is 6.79. The summed E-state index contributed by atoms with van der Waals surface area (Å²) in [5.41, 5.74) is 4.67. The standard InChI is InChI=1S/C25H20O5/c1-28-18-9-4-15(5-10-18)22-20-13-8-17(25(27)30-3)14-21(20)24(26)23(22)16-6-11-19(29-2)12-7-16/h4-14H,1-3H3. The second kappa shape index (κ2) is 7.87. The first-order valence-corrected chi connectivity index (χ1v) is 9.38. The van der Waals surface area contributed by atoms with E-state index in [1.54, 1.807) is 32.4 Å². The first kappa shape index (κ1) is 19.5. The van der Waals surface area contributed by atoms with Gasteiger partial charge in [-0.15, -0.1) is 0 Å². The zero-order valence-electron chi connectivity index (χ0n) is 16.9. The first-order valence-electron chi connectivity index (χ1n) is 9.38. The van der Waals surface area contributed by atoms with E-state index in [0.29, 0.717) is 22.4 Å². The van der Waals surface area contributed by atoms with Crippen LogP contribution in [-0.4, -0.2) is 33.1 Å². The molecule has 4 rings (SSSR count). The summed E-state index contributed by atoms with van der Waals surface area (Å²) >= 11 is 0. The zero-order chi connectivity index (χ0) is 21.3. The molecule has 3 aromatic carbocycles. The highest BCUT2D eigenvalue weighted by atomic mass is 16.5. The first-order chi connectivity index (χ1) is 14.6. The molecule has 0 saturated carbocycles. The van der Waals surface area contributed by atoms with Gasteiger partial charge >= 0.3 is 5.97 Å². The van der Waals surface area contributed by atoms with Gasteiger partial charge in [0.15, 0.2) is 5.78 Å². The monoisotopic (exact) mass is 400 g/mol. The van der Waals surface area contributed by atoms with Crippen molar-refractivity contribution in [1.29, 1.82) is 0 Å². The molecule has 1 aliphatic carbocycles. The molecule has 0 heterocycles. The quantitative estimate of drug-likeness (QED) is 0.584. The van der Waals surface area contributed by atoms with E-state index in [1.165, 1.54) is 7.11 Å². The van der Waals surface area contributed by atoms with Crippen LogP contribution < -0.4 is 9.47 Å². The number of carbonyl (C=O) groups excluding carboxylic acids is 2. The van der Waals surface area contributed by atoms with E-state index in [0.717, 1.165) is 28.0 Å². The number of esters is 1. The molecule has 0 bridgehead atoms. The number of benzene rings is 3. The Morgan fingerprint density at radius 2 is 1.20 bits per heavy atom. The van der Waals surface area contributed by atoms with Gasteiger partial charge < -0.3 is 14.2 Å². The van der Waals surface area contributed by atoms with E-state index in [-0.39, 0.29) is 5.78 Å². The average molecular weight is 400 g/mol. The van der Waals surface area contributed by atoms with Crippen molar-refractivity contribution in [3.8, 4) is 11.5 Å². The molecular formula is C25H20O5. The Kier molecular flexibility index (Phi) is 5.11. The Bertz CT molecular complexity index is 1160. The molecule has 0 atom stereocenters. The third-order valence-electron chi connectivity index (χ3n) is 5.19. The van der Waals surface area contributed by atoms with Crippen molar-refractivity contribution in [2.24, 2.45) is 0 Å². The minimum Gasteiger partial charge on any atom is -0.497 e. The number of carbonyl (C=O) groups is 2. The number of hydrogen-bond acceptors (Lipinski definition) is 5. The summed E-state index contributed by atoms with van der Waals surface area (Å²) < 4.78 is 15.3. The van der Waals surface area contributed by atoms with E-state index in [9.17, 15) is 9.59 Å². The summed E-state index contributed by atoms with van der Waals surface area (Å²) in [5.74, 6) is 0.832. The van der Waals surface area contributed by atoms with E-state index in [1.807, 2.05) is 48.5 Å². The predicted molar refractivity (Wildman–Crippen MR) is 114 cm³/mol. The summed E-state index contributed by atoms with van der Waals surface area (Å²) in [7, 11) is 4.53. The fourth-order valence-electron chi connectivity index (χ4n) is 3.67. The highest BCUT2D eigenvalue weighted by molar-refractivity contribution is 6.41. The van der Waals surface area contributed by atoms with Crippen molar-refractivity contribution in [3.05, 3.63) is 94.5 Å². The van der Waals surface area contributed by atoms with Crippen LogP contribution in [0.3, 0.4) is 0 Å². The van der Waals surface area contributed by atoms with Crippen LogP contribution in [0.15, 0.2) is 66.7 Å². The molecule has 5 nitrogen and oxygen atoms in total. The number of ketones is 1.